The third kappa shape index (κ3) is 9.59. The minimum atomic E-state index is -4.37. The SMILES string of the molecule is CCOC(=O)[C@@H](Cc1ccc(NC(=O)c2c(Cl)cncc2Cl)cc1)NC(=O)[C@@H]1[C@@H](NC(C)(C)C)CCN1S(=O)(=O)c1cccc(S(C)(=O)=O)c1. The van der Waals surface area contributed by atoms with Crippen molar-refractivity contribution in [2.45, 2.75) is 74.0 Å². The molecule has 1 aromatic heterocycles. The molecule has 4 rings (SSSR count). The van der Waals surface area contributed by atoms with Crippen LogP contribution in [0.3, 0.4) is 0 Å². The zero-order valence-corrected chi connectivity index (χ0v) is 31.2. The molecule has 1 aliphatic rings. The zero-order chi connectivity index (χ0) is 37.0. The number of ether oxygens (including phenoxy) is 1. The van der Waals surface area contributed by atoms with Crippen LogP contribution in [0.2, 0.25) is 10.0 Å². The average molecular weight is 769 g/mol. The third-order valence-corrected chi connectivity index (χ3v) is 11.3. The molecule has 0 spiro atoms. The fourth-order valence-electron chi connectivity index (χ4n) is 5.53. The van der Waals surface area contributed by atoms with Gasteiger partial charge in [0.1, 0.15) is 12.1 Å². The fraction of sp³-hybridized carbons (Fsp3) is 0.394. The number of rotatable bonds is 12. The summed E-state index contributed by atoms with van der Waals surface area (Å²) in [4.78, 5) is 43.4. The van der Waals surface area contributed by atoms with E-state index >= 15 is 0 Å². The van der Waals surface area contributed by atoms with Gasteiger partial charge in [-0.25, -0.2) is 21.6 Å². The molecular formula is C33H39Cl2N5O8S2. The maximum absolute atomic E-state index is 14.1. The van der Waals surface area contributed by atoms with Gasteiger partial charge in [0, 0.05) is 48.9 Å². The van der Waals surface area contributed by atoms with Gasteiger partial charge in [0.15, 0.2) is 9.84 Å². The molecule has 2 heterocycles. The number of carbonyl (C=O) groups is 3. The number of amides is 2. The highest BCUT2D eigenvalue weighted by Crippen LogP contribution is 2.30. The number of benzene rings is 2. The van der Waals surface area contributed by atoms with Crippen molar-refractivity contribution >= 4 is 66.5 Å². The van der Waals surface area contributed by atoms with Crippen molar-refractivity contribution in [3.05, 3.63) is 82.1 Å². The van der Waals surface area contributed by atoms with Gasteiger partial charge in [0.05, 0.1) is 32.0 Å². The molecular weight excluding hydrogens is 729 g/mol. The summed E-state index contributed by atoms with van der Waals surface area (Å²) < 4.78 is 58.6. The van der Waals surface area contributed by atoms with Crippen LogP contribution in [-0.4, -0.2) is 87.0 Å². The van der Waals surface area contributed by atoms with Gasteiger partial charge in [0.2, 0.25) is 15.9 Å². The van der Waals surface area contributed by atoms with Crippen LogP contribution in [0, 0.1) is 0 Å². The maximum atomic E-state index is 14.1. The minimum Gasteiger partial charge on any atom is -0.464 e. The number of hydrogen-bond donors (Lipinski definition) is 3. The van der Waals surface area contributed by atoms with Crippen LogP contribution in [0.15, 0.2) is 70.7 Å². The van der Waals surface area contributed by atoms with Crippen LogP contribution in [0.4, 0.5) is 5.69 Å². The first-order valence-electron chi connectivity index (χ1n) is 15.6. The summed E-state index contributed by atoms with van der Waals surface area (Å²) in [5.74, 6) is -2.02. The predicted octanol–water partition coefficient (Wildman–Crippen LogP) is 3.85. The lowest BCUT2D eigenvalue weighted by atomic mass is 10.0. The minimum absolute atomic E-state index is 0.0198. The van der Waals surface area contributed by atoms with Crippen LogP contribution in [0.5, 0.6) is 0 Å². The average Bonchev–Trinajstić information content (AvgIpc) is 3.44. The van der Waals surface area contributed by atoms with E-state index in [1.807, 2.05) is 20.8 Å². The first-order valence-corrected chi connectivity index (χ1v) is 19.7. The number of hydrogen-bond acceptors (Lipinski definition) is 10. The van der Waals surface area contributed by atoms with Crippen molar-refractivity contribution in [3.63, 3.8) is 0 Å². The van der Waals surface area contributed by atoms with Gasteiger partial charge < -0.3 is 20.7 Å². The maximum Gasteiger partial charge on any atom is 0.328 e. The predicted molar refractivity (Wildman–Crippen MR) is 189 cm³/mol. The van der Waals surface area contributed by atoms with Gasteiger partial charge >= 0.3 is 5.97 Å². The van der Waals surface area contributed by atoms with E-state index in [0.29, 0.717) is 11.3 Å². The number of pyridine rings is 1. The molecule has 0 aliphatic carbocycles. The lowest BCUT2D eigenvalue weighted by Crippen LogP contribution is -2.59. The molecule has 1 fully saturated rings. The third-order valence-electron chi connectivity index (χ3n) is 7.70. The Kier molecular flexibility index (Phi) is 12.3. The molecule has 0 bridgehead atoms. The molecule has 1 saturated heterocycles. The van der Waals surface area contributed by atoms with E-state index in [2.05, 4.69) is 20.9 Å². The highest BCUT2D eigenvalue weighted by molar-refractivity contribution is 7.91. The Bertz CT molecular complexity index is 1950. The van der Waals surface area contributed by atoms with Gasteiger partial charge in [0.25, 0.3) is 5.91 Å². The molecule has 13 nitrogen and oxygen atoms in total. The summed E-state index contributed by atoms with van der Waals surface area (Å²) in [5, 5.41) is 8.90. The molecule has 1 aliphatic heterocycles. The number of nitrogens with zero attached hydrogens (tertiary/aromatic N) is 2. The Hall–Kier alpha value is -3.60. The molecule has 2 aromatic carbocycles. The number of aromatic nitrogens is 1. The van der Waals surface area contributed by atoms with E-state index in [4.69, 9.17) is 27.9 Å². The van der Waals surface area contributed by atoms with Crippen LogP contribution >= 0.6 is 23.2 Å². The zero-order valence-electron chi connectivity index (χ0n) is 28.1. The lowest BCUT2D eigenvalue weighted by molar-refractivity contribution is -0.147. The highest BCUT2D eigenvalue weighted by Gasteiger charge is 2.47. The Labute approximate surface area is 302 Å². The van der Waals surface area contributed by atoms with Gasteiger partial charge in [-0.15, -0.1) is 0 Å². The second kappa shape index (κ2) is 15.7. The van der Waals surface area contributed by atoms with E-state index in [1.165, 1.54) is 30.6 Å². The summed E-state index contributed by atoms with van der Waals surface area (Å²) in [6, 6.07) is 8.32. The van der Waals surface area contributed by atoms with Crippen LogP contribution < -0.4 is 16.0 Å². The number of halogens is 2. The molecule has 3 atom stereocenters. The molecule has 0 unspecified atom stereocenters. The second-order valence-electron chi connectivity index (χ2n) is 12.7. The van der Waals surface area contributed by atoms with Crippen molar-refractivity contribution < 1.29 is 36.0 Å². The van der Waals surface area contributed by atoms with Crippen molar-refractivity contribution in [1.29, 1.82) is 0 Å². The van der Waals surface area contributed by atoms with E-state index in [1.54, 1.807) is 31.2 Å². The van der Waals surface area contributed by atoms with Gasteiger partial charge in [-0.05, 0) is 70.0 Å². The smallest absolute Gasteiger partial charge is 0.328 e. The molecule has 0 saturated carbocycles. The van der Waals surface area contributed by atoms with Crippen LogP contribution in [0.1, 0.15) is 50.0 Å². The second-order valence-corrected chi connectivity index (χ2v) is 17.5. The number of anilines is 1. The quantitative estimate of drug-likeness (QED) is 0.229. The topological polar surface area (TPSA) is 181 Å². The molecule has 0 radical (unpaired) electrons. The van der Waals surface area contributed by atoms with Crippen LogP contribution in [-0.2, 0) is 40.6 Å². The van der Waals surface area contributed by atoms with E-state index in [0.717, 1.165) is 16.6 Å². The van der Waals surface area contributed by atoms with E-state index < -0.39 is 61.3 Å². The largest absolute Gasteiger partial charge is 0.464 e. The summed E-state index contributed by atoms with van der Waals surface area (Å²) in [5.41, 5.74) is 0.551. The summed E-state index contributed by atoms with van der Waals surface area (Å²) in [7, 11) is -8.09. The lowest BCUT2D eigenvalue weighted by Gasteiger charge is -2.32. The first-order chi connectivity index (χ1) is 23.3. The van der Waals surface area contributed by atoms with Crippen molar-refractivity contribution in [2.75, 3.05) is 24.7 Å². The fourth-order valence-corrected chi connectivity index (χ4v) is 8.49. The Morgan fingerprint density at radius 2 is 1.62 bits per heavy atom. The molecule has 17 heteroatoms. The molecule has 50 heavy (non-hydrogen) atoms. The number of sulfone groups is 1. The molecule has 3 N–H and O–H groups in total. The van der Waals surface area contributed by atoms with Crippen LogP contribution in [0.25, 0.3) is 0 Å². The van der Waals surface area contributed by atoms with Gasteiger partial charge in [-0.2, -0.15) is 4.31 Å². The Morgan fingerprint density at radius 3 is 2.20 bits per heavy atom. The standard InChI is InChI=1S/C33H39Cl2N5O8S2/c1-6-48-32(43)27(16-20-10-12-21(13-11-20)37-30(41)28-24(34)18-36-19-25(28)35)38-31(42)29-26(39-33(2,3)4)14-15-40(29)50(46,47)23-9-7-8-22(17-23)49(5,44)45/h7-13,17-19,26-27,29,39H,6,14-16H2,1-5H3,(H,37,41)(H,38,42)/t26-,27+,29-/m0/s1. The van der Waals surface area contributed by atoms with E-state index in [9.17, 15) is 31.2 Å². The molecule has 3 aromatic rings. The molecule has 2 amide bonds. The van der Waals surface area contributed by atoms with Gasteiger partial charge in [-0.3, -0.25) is 14.6 Å². The van der Waals surface area contributed by atoms with Crippen molar-refractivity contribution in [2.24, 2.45) is 0 Å². The number of esters is 1. The number of nitrogens with one attached hydrogen (secondary N) is 3. The molecule has 270 valence electrons. The number of carbonyl (C=O) groups excluding carboxylic acids is 3. The monoisotopic (exact) mass is 767 g/mol. The normalized spacial score (nSPS) is 17.6. The highest BCUT2D eigenvalue weighted by atomic mass is 35.5. The van der Waals surface area contributed by atoms with E-state index in [-0.39, 0.29) is 51.4 Å². The summed E-state index contributed by atoms with van der Waals surface area (Å²) in [6.45, 7) is 7.25. The number of sulfonamides is 1. The first kappa shape index (κ1) is 39.2. The summed E-state index contributed by atoms with van der Waals surface area (Å²) in [6.07, 6.45) is 3.82. The Morgan fingerprint density at radius 1 is 1.00 bits per heavy atom. The van der Waals surface area contributed by atoms with Crippen molar-refractivity contribution in [1.82, 2.24) is 19.9 Å². The Balaban J connectivity index is 1.60. The summed E-state index contributed by atoms with van der Waals surface area (Å²) >= 11 is 12.2. The van der Waals surface area contributed by atoms with Gasteiger partial charge in [-0.1, -0.05) is 41.4 Å². The van der Waals surface area contributed by atoms with Crippen molar-refractivity contribution in [3.8, 4) is 0 Å².